The number of nitrogens with one attached hydrogen (secondary N) is 2. The second-order valence-electron chi connectivity index (χ2n) is 4.66. The van der Waals surface area contributed by atoms with Crippen molar-refractivity contribution in [3.8, 4) is 0 Å². The number of amides is 1. The molecule has 1 atom stereocenters. The van der Waals surface area contributed by atoms with Gasteiger partial charge in [-0.05, 0) is 27.2 Å². The van der Waals surface area contributed by atoms with Gasteiger partial charge in [-0.2, -0.15) is 0 Å². The summed E-state index contributed by atoms with van der Waals surface area (Å²) in [6.07, 6.45) is 0.952. The molecule has 1 unspecified atom stereocenters. The van der Waals surface area contributed by atoms with Crippen molar-refractivity contribution in [2.75, 3.05) is 13.1 Å². The molecule has 0 aliphatic heterocycles. The Morgan fingerprint density at radius 1 is 1.38 bits per heavy atom. The lowest BCUT2D eigenvalue weighted by atomic mass is 9.94. The Morgan fingerprint density at radius 3 is 2.38 bits per heavy atom. The van der Waals surface area contributed by atoms with Gasteiger partial charge in [0.2, 0.25) is 5.91 Å². The molecular weight excluding hydrogens is 208 g/mol. The molecule has 16 heavy (non-hydrogen) atoms. The molecule has 0 aromatic rings. The molecule has 94 valence electrons. The first-order chi connectivity index (χ1) is 7.29. The SMILES string of the molecule is CCC(C)NCC(=O)NCC(C)(C)C(=O)O. The molecular formula is C11H22N2O3. The van der Waals surface area contributed by atoms with E-state index in [9.17, 15) is 9.59 Å². The van der Waals surface area contributed by atoms with Crippen LogP contribution in [0, 0.1) is 5.41 Å². The number of carbonyl (C=O) groups is 2. The average molecular weight is 230 g/mol. The van der Waals surface area contributed by atoms with Gasteiger partial charge in [0.15, 0.2) is 0 Å². The van der Waals surface area contributed by atoms with Gasteiger partial charge >= 0.3 is 5.97 Å². The molecule has 0 rings (SSSR count). The second kappa shape index (κ2) is 6.48. The van der Waals surface area contributed by atoms with Crippen molar-refractivity contribution in [3.63, 3.8) is 0 Å². The normalized spacial score (nSPS) is 13.2. The number of carboxylic acid groups (broad SMARTS) is 1. The van der Waals surface area contributed by atoms with Gasteiger partial charge in [-0.25, -0.2) is 0 Å². The topological polar surface area (TPSA) is 78.4 Å². The van der Waals surface area contributed by atoms with Crippen LogP contribution >= 0.6 is 0 Å². The summed E-state index contributed by atoms with van der Waals surface area (Å²) in [7, 11) is 0. The van der Waals surface area contributed by atoms with Crippen LogP contribution in [-0.4, -0.2) is 36.1 Å². The van der Waals surface area contributed by atoms with E-state index in [1.165, 1.54) is 0 Å². The van der Waals surface area contributed by atoms with E-state index in [-0.39, 0.29) is 19.0 Å². The summed E-state index contributed by atoms with van der Waals surface area (Å²) in [5, 5.41) is 14.5. The van der Waals surface area contributed by atoms with Gasteiger partial charge in [0, 0.05) is 12.6 Å². The zero-order valence-corrected chi connectivity index (χ0v) is 10.5. The quantitative estimate of drug-likeness (QED) is 0.598. The molecule has 0 heterocycles. The lowest BCUT2D eigenvalue weighted by Crippen LogP contribution is -2.43. The zero-order chi connectivity index (χ0) is 12.8. The van der Waals surface area contributed by atoms with Crippen molar-refractivity contribution >= 4 is 11.9 Å². The first-order valence-corrected chi connectivity index (χ1v) is 5.53. The summed E-state index contributed by atoms with van der Waals surface area (Å²) >= 11 is 0. The van der Waals surface area contributed by atoms with Crippen molar-refractivity contribution in [2.24, 2.45) is 5.41 Å². The lowest BCUT2D eigenvalue weighted by molar-refractivity contribution is -0.146. The van der Waals surface area contributed by atoms with Crippen LogP contribution in [0.1, 0.15) is 34.1 Å². The van der Waals surface area contributed by atoms with Gasteiger partial charge in [-0.3, -0.25) is 9.59 Å². The highest BCUT2D eigenvalue weighted by atomic mass is 16.4. The smallest absolute Gasteiger partial charge is 0.310 e. The van der Waals surface area contributed by atoms with Gasteiger partial charge in [-0.15, -0.1) is 0 Å². The van der Waals surface area contributed by atoms with Crippen LogP contribution in [0.2, 0.25) is 0 Å². The maximum atomic E-state index is 11.4. The fourth-order valence-corrected chi connectivity index (χ4v) is 0.869. The molecule has 0 aromatic carbocycles. The van der Waals surface area contributed by atoms with E-state index in [1.54, 1.807) is 13.8 Å². The van der Waals surface area contributed by atoms with Crippen molar-refractivity contribution < 1.29 is 14.7 Å². The predicted octanol–water partition coefficient (Wildman–Crippen LogP) is 0.601. The van der Waals surface area contributed by atoms with Crippen molar-refractivity contribution in [1.82, 2.24) is 10.6 Å². The van der Waals surface area contributed by atoms with Gasteiger partial charge in [0.05, 0.1) is 12.0 Å². The molecule has 0 bridgehead atoms. The summed E-state index contributed by atoms with van der Waals surface area (Å²) in [5.41, 5.74) is -0.925. The van der Waals surface area contributed by atoms with Gasteiger partial charge in [-0.1, -0.05) is 6.92 Å². The summed E-state index contributed by atoms with van der Waals surface area (Å²) in [6, 6.07) is 0.290. The third-order valence-corrected chi connectivity index (χ3v) is 2.53. The Hall–Kier alpha value is -1.10. The average Bonchev–Trinajstić information content (AvgIpc) is 2.22. The van der Waals surface area contributed by atoms with E-state index >= 15 is 0 Å². The number of hydrogen-bond acceptors (Lipinski definition) is 3. The summed E-state index contributed by atoms with van der Waals surface area (Å²) < 4.78 is 0. The van der Waals surface area contributed by atoms with Crippen LogP contribution in [0.15, 0.2) is 0 Å². The summed E-state index contributed by atoms with van der Waals surface area (Å²) in [6.45, 7) is 7.56. The summed E-state index contributed by atoms with van der Waals surface area (Å²) in [5.74, 6) is -1.09. The number of aliphatic carboxylic acids is 1. The molecule has 3 N–H and O–H groups in total. The van der Waals surface area contributed by atoms with Crippen molar-refractivity contribution in [3.05, 3.63) is 0 Å². The number of hydrogen-bond donors (Lipinski definition) is 3. The monoisotopic (exact) mass is 230 g/mol. The van der Waals surface area contributed by atoms with Crippen LogP contribution < -0.4 is 10.6 Å². The summed E-state index contributed by atoms with van der Waals surface area (Å²) in [4.78, 5) is 22.1. The van der Waals surface area contributed by atoms with Gasteiger partial charge < -0.3 is 15.7 Å². The first kappa shape index (κ1) is 14.9. The van der Waals surface area contributed by atoms with Gasteiger partial charge in [0.25, 0.3) is 0 Å². The first-order valence-electron chi connectivity index (χ1n) is 5.53. The van der Waals surface area contributed by atoms with Gasteiger partial charge in [0.1, 0.15) is 0 Å². The highest BCUT2D eigenvalue weighted by Crippen LogP contribution is 2.12. The third kappa shape index (κ3) is 5.70. The molecule has 0 spiro atoms. The fraction of sp³-hybridized carbons (Fsp3) is 0.818. The third-order valence-electron chi connectivity index (χ3n) is 2.53. The molecule has 0 saturated heterocycles. The van der Waals surface area contributed by atoms with E-state index in [0.717, 1.165) is 6.42 Å². The van der Waals surface area contributed by atoms with Crippen LogP contribution in [-0.2, 0) is 9.59 Å². The molecule has 5 heteroatoms. The highest BCUT2D eigenvalue weighted by Gasteiger charge is 2.27. The highest BCUT2D eigenvalue weighted by molar-refractivity contribution is 5.80. The van der Waals surface area contributed by atoms with Crippen LogP contribution in [0.4, 0.5) is 0 Å². The van der Waals surface area contributed by atoms with E-state index in [1.807, 2.05) is 13.8 Å². The van der Waals surface area contributed by atoms with Crippen LogP contribution in [0.3, 0.4) is 0 Å². The maximum absolute atomic E-state index is 11.4. The minimum atomic E-state index is -0.925. The minimum Gasteiger partial charge on any atom is -0.481 e. The Morgan fingerprint density at radius 2 is 1.94 bits per heavy atom. The second-order valence-corrected chi connectivity index (χ2v) is 4.66. The Kier molecular flexibility index (Phi) is 6.03. The van der Waals surface area contributed by atoms with E-state index in [2.05, 4.69) is 10.6 Å². The van der Waals surface area contributed by atoms with Crippen molar-refractivity contribution in [2.45, 2.75) is 40.2 Å². The molecule has 0 aliphatic rings. The molecule has 0 aromatic heterocycles. The molecule has 0 saturated carbocycles. The predicted molar refractivity (Wildman–Crippen MR) is 62.2 cm³/mol. The van der Waals surface area contributed by atoms with E-state index in [4.69, 9.17) is 5.11 Å². The zero-order valence-electron chi connectivity index (χ0n) is 10.5. The fourth-order valence-electron chi connectivity index (χ4n) is 0.869. The van der Waals surface area contributed by atoms with Crippen molar-refractivity contribution in [1.29, 1.82) is 0 Å². The number of carboxylic acids is 1. The molecule has 0 radical (unpaired) electrons. The minimum absolute atomic E-state index is 0.142. The van der Waals surface area contributed by atoms with E-state index < -0.39 is 11.4 Å². The number of carbonyl (C=O) groups excluding carboxylic acids is 1. The molecule has 1 amide bonds. The van der Waals surface area contributed by atoms with E-state index in [0.29, 0.717) is 6.04 Å². The number of rotatable bonds is 7. The molecule has 0 fully saturated rings. The van der Waals surface area contributed by atoms with Crippen LogP contribution in [0.5, 0.6) is 0 Å². The Bertz CT molecular complexity index is 252. The standard InChI is InChI=1S/C11H22N2O3/c1-5-8(2)12-6-9(14)13-7-11(3,4)10(15)16/h8,12H,5-7H2,1-4H3,(H,13,14)(H,15,16). The Labute approximate surface area is 96.6 Å². The molecule has 5 nitrogen and oxygen atoms in total. The maximum Gasteiger partial charge on any atom is 0.310 e. The largest absolute Gasteiger partial charge is 0.481 e. The molecule has 0 aliphatic carbocycles. The Balaban J connectivity index is 3.86. The lowest BCUT2D eigenvalue weighted by Gasteiger charge is -2.20. The van der Waals surface area contributed by atoms with Crippen LogP contribution in [0.25, 0.3) is 0 Å².